The molecule has 0 saturated carbocycles. The van der Waals surface area contributed by atoms with Crippen molar-refractivity contribution in [1.29, 1.82) is 0 Å². The molecule has 2 aromatic rings. The van der Waals surface area contributed by atoms with Crippen molar-refractivity contribution >= 4 is 0 Å². The topological polar surface area (TPSA) is 34.4 Å². The zero-order chi connectivity index (χ0) is 13.5. The minimum absolute atomic E-state index is 0.250. The highest BCUT2D eigenvalue weighted by Crippen LogP contribution is 2.12. The SMILES string of the molecule is C[C@H](CNCc1ccco1)COc1ccc(F)cc1. The Morgan fingerprint density at radius 3 is 2.74 bits per heavy atom. The number of furan rings is 1. The Labute approximate surface area is 112 Å². The Balaban J connectivity index is 1.64. The summed E-state index contributed by atoms with van der Waals surface area (Å²) in [4.78, 5) is 0. The fourth-order valence-corrected chi connectivity index (χ4v) is 1.68. The van der Waals surface area contributed by atoms with E-state index < -0.39 is 0 Å². The van der Waals surface area contributed by atoms with E-state index in [-0.39, 0.29) is 5.82 Å². The van der Waals surface area contributed by atoms with Crippen molar-refractivity contribution in [3.05, 3.63) is 54.2 Å². The molecule has 4 heteroatoms. The molecule has 3 nitrogen and oxygen atoms in total. The summed E-state index contributed by atoms with van der Waals surface area (Å²) in [7, 11) is 0. The molecule has 0 aliphatic heterocycles. The molecule has 0 fully saturated rings. The third kappa shape index (κ3) is 4.75. The summed E-state index contributed by atoms with van der Waals surface area (Å²) in [5.41, 5.74) is 0. The van der Waals surface area contributed by atoms with E-state index in [0.29, 0.717) is 24.8 Å². The summed E-state index contributed by atoms with van der Waals surface area (Å²) in [5, 5.41) is 3.30. The first kappa shape index (κ1) is 13.6. The van der Waals surface area contributed by atoms with Crippen LogP contribution in [0.5, 0.6) is 5.75 Å². The van der Waals surface area contributed by atoms with E-state index in [1.807, 2.05) is 12.1 Å². The van der Waals surface area contributed by atoms with Crippen molar-refractivity contribution in [2.75, 3.05) is 13.2 Å². The Hall–Kier alpha value is -1.81. The van der Waals surface area contributed by atoms with Crippen LogP contribution in [0.15, 0.2) is 47.1 Å². The highest BCUT2D eigenvalue weighted by molar-refractivity contribution is 5.21. The number of rotatable bonds is 7. The predicted molar refractivity (Wildman–Crippen MR) is 71.5 cm³/mol. The molecule has 0 amide bonds. The molecule has 0 aliphatic carbocycles. The highest BCUT2D eigenvalue weighted by Gasteiger charge is 2.04. The van der Waals surface area contributed by atoms with E-state index in [0.717, 1.165) is 12.3 Å². The molecule has 0 bridgehead atoms. The van der Waals surface area contributed by atoms with Gasteiger partial charge in [0.2, 0.25) is 0 Å². The third-order valence-electron chi connectivity index (χ3n) is 2.72. The minimum atomic E-state index is -0.250. The number of nitrogens with one attached hydrogen (secondary N) is 1. The van der Waals surface area contributed by atoms with Crippen molar-refractivity contribution in [1.82, 2.24) is 5.32 Å². The maximum absolute atomic E-state index is 12.7. The Kier molecular flexibility index (Phi) is 4.98. The van der Waals surface area contributed by atoms with Gasteiger partial charge in [-0.05, 0) is 36.4 Å². The first-order valence-electron chi connectivity index (χ1n) is 6.35. The highest BCUT2D eigenvalue weighted by atomic mass is 19.1. The third-order valence-corrected chi connectivity index (χ3v) is 2.72. The minimum Gasteiger partial charge on any atom is -0.493 e. The van der Waals surface area contributed by atoms with Gasteiger partial charge in [0.25, 0.3) is 0 Å². The second-order valence-electron chi connectivity index (χ2n) is 4.58. The average Bonchev–Trinajstić information content (AvgIpc) is 2.91. The monoisotopic (exact) mass is 263 g/mol. The first-order valence-corrected chi connectivity index (χ1v) is 6.35. The second kappa shape index (κ2) is 6.95. The van der Waals surface area contributed by atoms with E-state index >= 15 is 0 Å². The maximum atomic E-state index is 12.7. The molecule has 1 N–H and O–H groups in total. The molecule has 19 heavy (non-hydrogen) atoms. The van der Waals surface area contributed by atoms with Crippen LogP contribution in [0.25, 0.3) is 0 Å². The molecule has 102 valence electrons. The summed E-state index contributed by atoms with van der Waals surface area (Å²) >= 11 is 0. The van der Waals surface area contributed by atoms with Gasteiger partial charge in [-0.1, -0.05) is 6.92 Å². The molecular weight excluding hydrogens is 245 g/mol. The van der Waals surface area contributed by atoms with Crippen LogP contribution >= 0.6 is 0 Å². The molecule has 1 atom stereocenters. The van der Waals surface area contributed by atoms with Gasteiger partial charge in [-0.2, -0.15) is 0 Å². The van der Waals surface area contributed by atoms with Crippen molar-refractivity contribution in [2.24, 2.45) is 5.92 Å². The lowest BCUT2D eigenvalue weighted by atomic mass is 10.2. The zero-order valence-corrected chi connectivity index (χ0v) is 10.9. The summed E-state index contributed by atoms with van der Waals surface area (Å²) in [6, 6.07) is 9.88. The van der Waals surface area contributed by atoms with Crippen LogP contribution in [0.1, 0.15) is 12.7 Å². The van der Waals surface area contributed by atoms with Crippen LogP contribution in [-0.4, -0.2) is 13.2 Å². The van der Waals surface area contributed by atoms with Gasteiger partial charge in [0.1, 0.15) is 17.3 Å². The van der Waals surface area contributed by atoms with Crippen molar-refractivity contribution < 1.29 is 13.5 Å². The number of ether oxygens (including phenoxy) is 1. The fourth-order valence-electron chi connectivity index (χ4n) is 1.68. The first-order chi connectivity index (χ1) is 9.24. The van der Waals surface area contributed by atoms with Gasteiger partial charge in [-0.25, -0.2) is 4.39 Å². The van der Waals surface area contributed by atoms with Crippen LogP contribution in [-0.2, 0) is 6.54 Å². The van der Waals surface area contributed by atoms with Crippen LogP contribution < -0.4 is 10.1 Å². The molecule has 0 aliphatic rings. The van der Waals surface area contributed by atoms with Crippen LogP contribution in [0, 0.1) is 11.7 Å². The van der Waals surface area contributed by atoms with Crippen molar-refractivity contribution in [3.63, 3.8) is 0 Å². The van der Waals surface area contributed by atoms with Crippen LogP contribution in [0.4, 0.5) is 4.39 Å². The summed E-state index contributed by atoms with van der Waals surface area (Å²) in [5.74, 6) is 1.73. The van der Waals surface area contributed by atoms with Crippen LogP contribution in [0.2, 0.25) is 0 Å². The quantitative estimate of drug-likeness (QED) is 0.833. The van der Waals surface area contributed by atoms with E-state index in [1.54, 1.807) is 18.4 Å². The Morgan fingerprint density at radius 1 is 1.26 bits per heavy atom. The Bertz CT molecular complexity index is 467. The van der Waals surface area contributed by atoms with E-state index in [4.69, 9.17) is 9.15 Å². The number of hydrogen-bond acceptors (Lipinski definition) is 3. The number of benzene rings is 1. The van der Waals surface area contributed by atoms with Gasteiger partial charge in [0.15, 0.2) is 0 Å². The number of halogens is 1. The normalized spacial score (nSPS) is 12.3. The average molecular weight is 263 g/mol. The molecular formula is C15H18FNO2. The van der Waals surface area contributed by atoms with E-state index in [9.17, 15) is 4.39 Å². The largest absolute Gasteiger partial charge is 0.493 e. The van der Waals surface area contributed by atoms with Gasteiger partial charge in [0.05, 0.1) is 19.4 Å². The molecule has 1 aromatic heterocycles. The molecule has 0 unspecified atom stereocenters. The summed E-state index contributed by atoms with van der Waals surface area (Å²) < 4.78 is 23.5. The molecule has 0 spiro atoms. The van der Waals surface area contributed by atoms with Crippen LogP contribution in [0.3, 0.4) is 0 Å². The molecule has 1 heterocycles. The zero-order valence-electron chi connectivity index (χ0n) is 10.9. The second-order valence-corrected chi connectivity index (χ2v) is 4.58. The van der Waals surface area contributed by atoms with Gasteiger partial charge in [0, 0.05) is 12.5 Å². The van der Waals surface area contributed by atoms with E-state index in [1.165, 1.54) is 12.1 Å². The predicted octanol–water partition coefficient (Wildman–Crippen LogP) is 3.22. The van der Waals surface area contributed by atoms with Crippen molar-refractivity contribution in [3.8, 4) is 5.75 Å². The van der Waals surface area contributed by atoms with Gasteiger partial charge < -0.3 is 14.5 Å². The maximum Gasteiger partial charge on any atom is 0.123 e. The van der Waals surface area contributed by atoms with Gasteiger partial charge in [-0.15, -0.1) is 0 Å². The molecule has 0 radical (unpaired) electrons. The molecule has 0 saturated heterocycles. The summed E-state index contributed by atoms with van der Waals surface area (Å²) in [6.45, 7) is 4.24. The lowest BCUT2D eigenvalue weighted by molar-refractivity contribution is 0.254. The van der Waals surface area contributed by atoms with Gasteiger partial charge >= 0.3 is 0 Å². The molecule has 2 rings (SSSR count). The molecule has 1 aromatic carbocycles. The standard InChI is InChI=1S/C15H18FNO2/c1-12(9-17-10-15-3-2-8-18-15)11-19-14-6-4-13(16)5-7-14/h2-8,12,17H,9-11H2,1H3/t12-/m1/s1. The summed E-state index contributed by atoms with van der Waals surface area (Å²) in [6.07, 6.45) is 1.66. The Morgan fingerprint density at radius 2 is 2.05 bits per heavy atom. The lowest BCUT2D eigenvalue weighted by Crippen LogP contribution is -2.24. The lowest BCUT2D eigenvalue weighted by Gasteiger charge is -2.13. The van der Waals surface area contributed by atoms with E-state index in [2.05, 4.69) is 12.2 Å². The number of hydrogen-bond donors (Lipinski definition) is 1. The fraction of sp³-hybridized carbons (Fsp3) is 0.333. The van der Waals surface area contributed by atoms with Gasteiger partial charge in [-0.3, -0.25) is 0 Å². The smallest absolute Gasteiger partial charge is 0.123 e. The van der Waals surface area contributed by atoms with Crippen molar-refractivity contribution in [2.45, 2.75) is 13.5 Å².